The van der Waals surface area contributed by atoms with Crippen LogP contribution in [0.25, 0.3) is 22.1 Å². The van der Waals surface area contributed by atoms with Gasteiger partial charge in [-0.05, 0) is 56.1 Å². The van der Waals surface area contributed by atoms with Crippen molar-refractivity contribution in [1.82, 2.24) is 42.8 Å². The smallest absolute Gasteiger partial charge is 0.299 e. The van der Waals surface area contributed by atoms with Gasteiger partial charge in [-0.1, -0.05) is 6.42 Å². The van der Waals surface area contributed by atoms with Gasteiger partial charge >= 0.3 is 0 Å². The van der Waals surface area contributed by atoms with Crippen molar-refractivity contribution in [1.29, 1.82) is 10.5 Å². The molecule has 4 fully saturated rings. The van der Waals surface area contributed by atoms with Gasteiger partial charge < -0.3 is 19.8 Å². The maximum atomic E-state index is 13.0. The molecular formula is C35H48ClN13O4S2. The van der Waals surface area contributed by atoms with E-state index < -0.39 is 19.4 Å². The highest BCUT2D eigenvalue weighted by atomic mass is 35.7. The molecule has 6 heterocycles. The van der Waals surface area contributed by atoms with E-state index in [-0.39, 0.29) is 31.3 Å². The van der Waals surface area contributed by atoms with E-state index in [1.807, 2.05) is 24.5 Å². The Bertz CT molecular complexity index is 2240. The van der Waals surface area contributed by atoms with Crippen LogP contribution < -0.4 is 9.80 Å². The van der Waals surface area contributed by atoms with E-state index in [2.05, 4.69) is 45.8 Å². The molecule has 2 aliphatic carbocycles. The van der Waals surface area contributed by atoms with E-state index in [1.165, 1.54) is 50.0 Å². The van der Waals surface area contributed by atoms with Gasteiger partial charge in [0.15, 0.2) is 0 Å². The molecule has 20 heteroatoms. The molecule has 2 saturated carbocycles. The lowest BCUT2D eigenvalue weighted by Gasteiger charge is -2.27. The van der Waals surface area contributed by atoms with E-state index in [0.717, 1.165) is 63.9 Å². The number of aromatic amines is 2. The Labute approximate surface area is 327 Å². The van der Waals surface area contributed by atoms with Crippen molar-refractivity contribution in [3.05, 3.63) is 37.2 Å². The molecule has 4 aromatic rings. The summed E-state index contributed by atoms with van der Waals surface area (Å²) in [6, 6.07) is 7.86. The summed E-state index contributed by atoms with van der Waals surface area (Å²) in [5, 5.41) is 18.9. The van der Waals surface area contributed by atoms with Crippen molar-refractivity contribution in [2.24, 2.45) is 10.8 Å². The zero-order chi connectivity index (χ0) is 39.3. The van der Waals surface area contributed by atoms with Crippen molar-refractivity contribution < 1.29 is 16.8 Å². The van der Waals surface area contributed by atoms with Gasteiger partial charge in [-0.15, -0.1) is 0 Å². The third-order valence-corrected chi connectivity index (χ3v) is 14.5. The number of hydrogen-bond acceptors (Lipinski definition) is 12. The number of anilines is 2. The van der Waals surface area contributed by atoms with Gasteiger partial charge in [-0.2, -0.15) is 40.3 Å². The average molecular weight is 814 g/mol. The summed E-state index contributed by atoms with van der Waals surface area (Å²) in [4.78, 5) is 28.5. The molecular weight excluding hydrogens is 766 g/mol. The lowest BCUT2D eigenvalue weighted by atomic mass is 10.0. The topological polar surface area (TPSA) is 215 Å². The molecule has 2 saturated heterocycles. The number of hydrogen-bond donors (Lipinski definition) is 2. The first-order valence-corrected chi connectivity index (χ1v) is 22.1. The van der Waals surface area contributed by atoms with E-state index in [0.29, 0.717) is 25.0 Å². The first kappa shape index (κ1) is 40.6. The van der Waals surface area contributed by atoms with Gasteiger partial charge in [0, 0.05) is 108 Å². The van der Waals surface area contributed by atoms with Crippen LogP contribution in [0.5, 0.6) is 0 Å². The van der Waals surface area contributed by atoms with Crippen molar-refractivity contribution in [2.75, 3.05) is 76.3 Å². The highest BCUT2D eigenvalue weighted by Crippen LogP contribution is 2.52. The van der Waals surface area contributed by atoms with Gasteiger partial charge in [0.2, 0.25) is 0 Å². The predicted molar refractivity (Wildman–Crippen MR) is 210 cm³/mol. The Kier molecular flexibility index (Phi) is 12.5. The Hall–Kier alpha value is -4.11. The number of nitrogens with zero attached hydrogens (tertiary/aromatic N) is 11. The molecule has 0 amide bonds. The van der Waals surface area contributed by atoms with E-state index in [9.17, 15) is 16.8 Å². The molecule has 2 N–H and O–H groups in total. The molecule has 2 aliphatic heterocycles. The molecule has 0 atom stereocenters. The third-order valence-electron chi connectivity index (χ3n) is 10.9. The summed E-state index contributed by atoms with van der Waals surface area (Å²) < 4.78 is 50.6. The number of fused-ring (bicyclic) bond motifs is 2. The number of nitrogens with one attached hydrogen (secondary N) is 2. The second-order valence-corrected chi connectivity index (χ2v) is 19.6. The second kappa shape index (κ2) is 16.9. The van der Waals surface area contributed by atoms with Crippen molar-refractivity contribution in [2.45, 2.75) is 57.8 Å². The number of rotatable bonds is 9. The fraction of sp³-hybridized carbons (Fsp3) is 0.600. The zero-order valence-electron chi connectivity index (χ0n) is 31.2. The minimum Gasteiger partial charge on any atom is -0.355 e. The van der Waals surface area contributed by atoms with Gasteiger partial charge in [-0.25, -0.2) is 19.9 Å². The molecule has 4 aliphatic rings. The van der Waals surface area contributed by atoms with Crippen LogP contribution in [-0.4, -0.2) is 126 Å². The van der Waals surface area contributed by atoms with Gasteiger partial charge in [0.05, 0.1) is 22.9 Å². The Morgan fingerprint density at radius 3 is 1.78 bits per heavy atom. The Balaban J connectivity index is 0.000000158. The first-order valence-electron chi connectivity index (χ1n) is 18.5. The number of aromatic nitrogens is 6. The molecule has 0 unspecified atom stereocenters. The van der Waals surface area contributed by atoms with Crippen molar-refractivity contribution in [3.63, 3.8) is 0 Å². The minimum absolute atomic E-state index is 0.0206. The van der Waals surface area contributed by atoms with Crippen LogP contribution >= 0.6 is 10.7 Å². The lowest BCUT2D eigenvalue weighted by molar-refractivity contribution is 0.332. The van der Waals surface area contributed by atoms with Gasteiger partial charge in [-0.3, -0.25) is 0 Å². The monoisotopic (exact) mass is 813 g/mol. The molecule has 8 rings (SSSR count). The zero-order valence-corrected chi connectivity index (χ0v) is 33.6. The van der Waals surface area contributed by atoms with Crippen LogP contribution in [0.1, 0.15) is 57.8 Å². The molecule has 0 aromatic carbocycles. The molecule has 17 nitrogen and oxygen atoms in total. The predicted octanol–water partition coefficient (Wildman–Crippen LogP) is 3.99. The quantitative estimate of drug-likeness (QED) is 0.230. The minimum atomic E-state index is -3.62. The summed E-state index contributed by atoms with van der Waals surface area (Å²) in [5.74, 6) is 1.97. The summed E-state index contributed by atoms with van der Waals surface area (Å²) in [7, 11) is 0.575. The Morgan fingerprint density at radius 1 is 0.727 bits per heavy atom. The molecule has 0 radical (unpaired) electrons. The second-order valence-electron chi connectivity index (χ2n) is 14.9. The molecule has 55 heavy (non-hydrogen) atoms. The van der Waals surface area contributed by atoms with Crippen LogP contribution in [0, 0.1) is 33.5 Å². The molecule has 296 valence electrons. The van der Waals surface area contributed by atoms with Crippen LogP contribution in [0.4, 0.5) is 11.6 Å². The average Bonchev–Trinajstić information content (AvgIpc) is 4.04. The maximum absolute atomic E-state index is 13.0. The van der Waals surface area contributed by atoms with Gasteiger partial charge in [0.1, 0.15) is 35.6 Å². The molecule has 2 spiro atoms. The van der Waals surface area contributed by atoms with E-state index in [4.69, 9.17) is 21.2 Å². The van der Waals surface area contributed by atoms with Crippen LogP contribution in [0.2, 0.25) is 0 Å². The SMILES string of the molecule is CN(CCC#N)S(=O)(=O)Cl.CN(CCC#N)S(=O)(=O)N1CCN(c2ncnc3[nH]ccc23)CC2(CC2)C1.c1nc(N2CCCCC3(CC3)C2)c2cc[nH]c2n1. The van der Waals surface area contributed by atoms with Crippen LogP contribution in [0.3, 0.4) is 0 Å². The maximum Gasteiger partial charge on any atom is 0.299 e. The fourth-order valence-corrected chi connectivity index (χ4v) is 9.26. The first-order chi connectivity index (χ1) is 26.3. The normalized spacial score (nSPS) is 19.3. The fourth-order valence-electron chi connectivity index (χ4n) is 7.28. The number of H-pyrrole nitrogens is 2. The number of halogens is 1. The van der Waals surface area contributed by atoms with Crippen LogP contribution in [0.15, 0.2) is 37.2 Å². The van der Waals surface area contributed by atoms with Crippen molar-refractivity contribution in [3.8, 4) is 12.1 Å². The standard InChI is InChI=1S/C17H23N7O2S.C14H18N4.C4H7ClN2O2S/c1-22(8-2-6-18)27(25,26)24-10-9-23(11-17(12-24)4-5-17)16-14-3-7-19-15(14)20-13-21-16;1-2-8-18(9-14(4-1)5-6-14)13-11-3-7-15-12(11)16-10-17-13;1-7(4-2-3-6)10(5,8)9/h3,7,13H,2,4-5,8-12H2,1H3,(H,19,20,21);3,7,10H,1-2,4-6,8-9H2,(H,15,16,17);2,4H2,1H3. The number of nitriles is 2. The van der Waals surface area contributed by atoms with Crippen LogP contribution in [-0.2, 0) is 19.4 Å². The summed E-state index contributed by atoms with van der Waals surface area (Å²) in [6.07, 6.45) is 16.3. The van der Waals surface area contributed by atoms with Crippen molar-refractivity contribution >= 4 is 63.8 Å². The Morgan fingerprint density at radius 2 is 1.25 bits per heavy atom. The summed E-state index contributed by atoms with van der Waals surface area (Å²) in [5.41, 5.74) is 2.33. The molecule has 0 bridgehead atoms. The highest BCUT2D eigenvalue weighted by Gasteiger charge is 2.49. The summed E-state index contributed by atoms with van der Waals surface area (Å²) in [6.45, 7) is 4.96. The summed E-state index contributed by atoms with van der Waals surface area (Å²) >= 11 is 0. The highest BCUT2D eigenvalue weighted by molar-refractivity contribution is 8.11. The van der Waals surface area contributed by atoms with E-state index >= 15 is 0 Å². The molecule has 4 aromatic heterocycles. The van der Waals surface area contributed by atoms with E-state index in [1.54, 1.807) is 30.1 Å². The largest absolute Gasteiger partial charge is 0.355 e. The van der Waals surface area contributed by atoms with Gasteiger partial charge in [0.25, 0.3) is 19.4 Å². The lowest BCUT2D eigenvalue weighted by Crippen LogP contribution is -2.45. The third kappa shape index (κ3) is 9.83.